The Morgan fingerprint density at radius 2 is 1.69 bits per heavy atom. The van der Waals surface area contributed by atoms with E-state index in [1.54, 1.807) is 0 Å². The third-order valence-electron chi connectivity index (χ3n) is 4.87. The van der Waals surface area contributed by atoms with Crippen LogP contribution in [0.4, 0.5) is 5.69 Å². The zero-order valence-corrected chi connectivity index (χ0v) is 14.7. The molecule has 2 N–H and O–H groups in total. The number of piperazine rings is 1. The molecule has 1 saturated heterocycles. The summed E-state index contributed by atoms with van der Waals surface area (Å²) < 4.78 is 0. The number of nitro benzene ring substituents is 1. The molecule has 0 unspecified atom stereocenters. The van der Waals surface area contributed by atoms with Crippen LogP contribution in [0.15, 0.2) is 54.6 Å². The van der Waals surface area contributed by atoms with Crippen molar-refractivity contribution in [3.63, 3.8) is 0 Å². The fourth-order valence-corrected chi connectivity index (χ4v) is 3.41. The summed E-state index contributed by atoms with van der Waals surface area (Å²) in [6.07, 6.45) is 4.36. The van der Waals surface area contributed by atoms with Crippen LogP contribution in [0.5, 0.6) is 5.75 Å². The predicted octanol–water partition coefficient (Wildman–Crippen LogP) is -0.335. The molecule has 0 atom stereocenters. The Balaban J connectivity index is 1.51. The third kappa shape index (κ3) is 4.91. The van der Waals surface area contributed by atoms with Crippen LogP contribution in [-0.4, -0.2) is 37.6 Å². The van der Waals surface area contributed by atoms with Crippen molar-refractivity contribution in [2.75, 3.05) is 32.7 Å². The van der Waals surface area contributed by atoms with Crippen molar-refractivity contribution in [2.45, 2.75) is 6.54 Å². The number of hydrogen-bond donors (Lipinski definition) is 2. The Labute approximate surface area is 153 Å². The van der Waals surface area contributed by atoms with E-state index in [1.165, 1.54) is 33.6 Å². The molecule has 1 aliphatic rings. The minimum atomic E-state index is -0.399. The van der Waals surface area contributed by atoms with Gasteiger partial charge in [-0.2, -0.15) is 0 Å². The maximum atomic E-state index is 11.6. The molecule has 0 aliphatic carbocycles. The zero-order valence-electron chi connectivity index (χ0n) is 14.7. The summed E-state index contributed by atoms with van der Waals surface area (Å²) in [6, 6.07) is 14.3. The van der Waals surface area contributed by atoms with Crippen molar-refractivity contribution in [1.82, 2.24) is 0 Å². The Hall–Kier alpha value is -2.70. The van der Waals surface area contributed by atoms with Gasteiger partial charge in [0, 0.05) is 6.07 Å². The average Bonchev–Trinajstić information content (AvgIpc) is 2.64. The summed E-state index contributed by atoms with van der Waals surface area (Å²) in [5.74, 6) is -0.166. The van der Waals surface area contributed by atoms with Crippen LogP contribution in [0.25, 0.3) is 6.08 Å². The average molecular weight is 354 g/mol. The van der Waals surface area contributed by atoms with Gasteiger partial charge < -0.3 is 14.9 Å². The summed E-state index contributed by atoms with van der Waals surface area (Å²) in [4.78, 5) is 13.6. The van der Waals surface area contributed by atoms with Gasteiger partial charge in [-0.1, -0.05) is 48.5 Å². The highest BCUT2D eigenvalue weighted by Crippen LogP contribution is 2.20. The maximum absolute atomic E-state index is 11.6. The monoisotopic (exact) mass is 354 g/mol. The molecule has 136 valence electrons. The van der Waals surface area contributed by atoms with Gasteiger partial charge in [-0.3, -0.25) is 10.1 Å². The molecule has 1 fully saturated rings. The number of nitrogens with one attached hydrogen (secondary N) is 2. The van der Waals surface area contributed by atoms with Gasteiger partial charge >= 0.3 is 0 Å². The van der Waals surface area contributed by atoms with Crippen LogP contribution in [0.2, 0.25) is 0 Å². The molecule has 26 heavy (non-hydrogen) atoms. The third-order valence-corrected chi connectivity index (χ3v) is 4.87. The largest absolute Gasteiger partial charge is 0.872 e. The quantitative estimate of drug-likeness (QED) is 0.551. The second-order valence-electron chi connectivity index (χ2n) is 6.74. The molecular weight excluding hydrogens is 330 g/mol. The van der Waals surface area contributed by atoms with Crippen LogP contribution >= 0.6 is 0 Å². The summed E-state index contributed by atoms with van der Waals surface area (Å²) >= 11 is 0. The Kier molecular flexibility index (Phi) is 5.99. The smallest absolute Gasteiger partial charge is 0.278 e. The maximum Gasteiger partial charge on any atom is 0.278 e. The van der Waals surface area contributed by atoms with Crippen molar-refractivity contribution in [2.24, 2.45) is 0 Å². The molecule has 0 aromatic heterocycles. The van der Waals surface area contributed by atoms with E-state index < -0.39 is 4.92 Å². The van der Waals surface area contributed by atoms with Crippen LogP contribution in [0, 0.1) is 10.1 Å². The molecule has 2 aromatic rings. The fourth-order valence-electron chi connectivity index (χ4n) is 3.41. The highest BCUT2D eigenvalue weighted by Gasteiger charge is 2.24. The standard InChI is InChI=1S/C20H23N3O3/c24-19-8-9-20(23(25)26)18(15-19)16-22-13-11-21(12-14-22)10-4-7-17-5-2-1-3-6-17/h1-9,15,24H,10-14,16H2/p+1/b7-4+. The summed E-state index contributed by atoms with van der Waals surface area (Å²) in [5.41, 5.74) is 1.81. The number of nitrogens with zero attached hydrogens (tertiary/aromatic N) is 1. The van der Waals surface area contributed by atoms with Crippen LogP contribution in [-0.2, 0) is 6.54 Å². The second-order valence-corrected chi connectivity index (χ2v) is 6.74. The van der Waals surface area contributed by atoms with Crippen molar-refractivity contribution in [1.29, 1.82) is 0 Å². The number of rotatable bonds is 6. The number of quaternary nitrogens is 2. The van der Waals surface area contributed by atoms with E-state index >= 15 is 0 Å². The first kappa shape index (κ1) is 18.1. The lowest BCUT2D eigenvalue weighted by molar-refractivity contribution is -1.02. The minimum absolute atomic E-state index is 0.0534. The molecule has 0 spiro atoms. The molecule has 1 heterocycles. The van der Waals surface area contributed by atoms with E-state index in [0.29, 0.717) is 12.1 Å². The first-order chi connectivity index (χ1) is 12.6. The molecule has 1 aliphatic heterocycles. The van der Waals surface area contributed by atoms with Gasteiger partial charge in [0.2, 0.25) is 0 Å². The zero-order chi connectivity index (χ0) is 18.4. The van der Waals surface area contributed by atoms with E-state index in [-0.39, 0.29) is 11.4 Å². The number of hydrogen-bond acceptors (Lipinski definition) is 3. The Bertz CT molecular complexity index is 769. The molecule has 6 nitrogen and oxygen atoms in total. The van der Waals surface area contributed by atoms with Crippen molar-refractivity contribution < 1.29 is 19.8 Å². The van der Waals surface area contributed by atoms with Gasteiger partial charge in [0.15, 0.2) is 0 Å². The second kappa shape index (κ2) is 8.60. The van der Waals surface area contributed by atoms with E-state index in [9.17, 15) is 15.2 Å². The van der Waals surface area contributed by atoms with Crippen LogP contribution in [0.3, 0.4) is 0 Å². The van der Waals surface area contributed by atoms with Crippen LogP contribution in [0.1, 0.15) is 11.1 Å². The molecular formula is C20H24N3O3+. The van der Waals surface area contributed by atoms with Gasteiger partial charge in [-0.15, -0.1) is 5.75 Å². The normalized spacial score (nSPS) is 20.3. The van der Waals surface area contributed by atoms with Crippen molar-refractivity contribution in [3.8, 4) is 5.75 Å². The summed E-state index contributed by atoms with van der Waals surface area (Å²) in [6.45, 7) is 5.49. The van der Waals surface area contributed by atoms with E-state index in [4.69, 9.17) is 0 Å². The Morgan fingerprint density at radius 1 is 1.00 bits per heavy atom. The molecule has 3 rings (SSSR count). The van der Waals surface area contributed by atoms with E-state index in [1.807, 2.05) is 18.2 Å². The highest BCUT2D eigenvalue weighted by molar-refractivity contribution is 5.48. The molecule has 6 heteroatoms. The highest BCUT2D eigenvalue weighted by atomic mass is 16.6. The minimum Gasteiger partial charge on any atom is -0.872 e. The van der Waals surface area contributed by atoms with Gasteiger partial charge in [-0.05, 0) is 11.6 Å². The molecule has 0 amide bonds. The molecule has 0 bridgehead atoms. The molecule has 2 aromatic carbocycles. The van der Waals surface area contributed by atoms with Gasteiger partial charge in [0.05, 0.1) is 17.0 Å². The van der Waals surface area contributed by atoms with Gasteiger partial charge in [0.1, 0.15) is 32.7 Å². The van der Waals surface area contributed by atoms with Gasteiger partial charge in [0.25, 0.3) is 5.69 Å². The lowest BCUT2D eigenvalue weighted by atomic mass is 10.1. The Morgan fingerprint density at radius 3 is 2.38 bits per heavy atom. The summed E-state index contributed by atoms with van der Waals surface area (Å²) in [5, 5.41) is 22.7. The summed E-state index contributed by atoms with van der Waals surface area (Å²) in [7, 11) is 0. The first-order valence-corrected chi connectivity index (χ1v) is 8.95. The number of benzene rings is 2. The lowest BCUT2D eigenvalue weighted by Crippen LogP contribution is -3.27. The van der Waals surface area contributed by atoms with E-state index in [2.05, 4.69) is 24.3 Å². The predicted molar refractivity (Wildman–Crippen MR) is 98.0 cm³/mol. The topological polar surface area (TPSA) is 75.1 Å². The SMILES string of the molecule is O=[N+]([O-])c1ccc([O-])cc1C[NH+]1CC[NH+](C/C=C/c2ccccc2)CC1. The van der Waals surface area contributed by atoms with Crippen LogP contribution < -0.4 is 14.9 Å². The number of nitro groups is 1. The van der Waals surface area contributed by atoms with E-state index in [0.717, 1.165) is 32.7 Å². The van der Waals surface area contributed by atoms with Crippen molar-refractivity contribution in [3.05, 3.63) is 75.8 Å². The molecule has 0 radical (unpaired) electrons. The fraction of sp³-hybridized carbons (Fsp3) is 0.300. The lowest BCUT2D eigenvalue weighted by Gasteiger charge is -2.29. The van der Waals surface area contributed by atoms with Gasteiger partial charge in [-0.25, -0.2) is 0 Å². The first-order valence-electron chi connectivity index (χ1n) is 8.95. The van der Waals surface area contributed by atoms with Crippen molar-refractivity contribution >= 4 is 11.8 Å². The molecule has 0 saturated carbocycles.